The number of carbonyl (C=O) groups is 1. The highest BCUT2D eigenvalue weighted by molar-refractivity contribution is 5.79. The van der Waals surface area contributed by atoms with Crippen LogP contribution in [0.25, 0.3) is 0 Å². The summed E-state index contributed by atoms with van der Waals surface area (Å²) in [5.41, 5.74) is -1.04. The normalized spacial score (nSPS) is 28.6. The summed E-state index contributed by atoms with van der Waals surface area (Å²) >= 11 is 0. The van der Waals surface area contributed by atoms with Crippen LogP contribution in [0.1, 0.15) is 32.6 Å². The number of hydrogen-bond donors (Lipinski definition) is 2. The van der Waals surface area contributed by atoms with Crippen molar-refractivity contribution in [1.29, 1.82) is 0 Å². The van der Waals surface area contributed by atoms with Crippen LogP contribution in [0, 0.1) is 0 Å². The molecule has 4 nitrogen and oxygen atoms in total. The van der Waals surface area contributed by atoms with Crippen molar-refractivity contribution in [1.82, 2.24) is 5.32 Å². The first kappa shape index (κ1) is 15.2. The number of halogens is 3. The molecule has 0 bridgehead atoms. The first-order chi connectivity index (χ1) is 8.29. The van der Waals surface area contributed by atoms with Gasteiger partial charge >= 0.3 is 12.1 Å². The molecule has 0 saturated heterocycles. The Labute approximate surface area is 103 Å². The van der Waals surface area contributed by atoms with E-state index < -0.39 is 36.8 Å². The van der Waals surface area contributed by atoms with E-state index in [1.54, 1.807) is 6.92 Å². The summed E-state index contributed by atoms with van der Waals surface area (Å²) in [5.74, 6) is -0.966. The van der Waals surface area contributed by atoms with Crippen molar-refractivity contribution in [3.63, 3.8) is 0 Å². The zero-order chi connectivity index (χ0) is 13.8. The number of alkyl halides is 3. The number of carboxylic acids is 1. The SMILES string of the molecule is CCNC1(C(=O)O)CCC(OCCC(F)(F)F)C1. The van der Waals surface area contributed by atoms with Crippen molar-refractivity contribution in [2.45, 2.75) is 50.4 Å². The number of carboxylic acid groups (broad SMARTS) is 1. The molecule has 0 aliphatic heterocycles. The van der Waals surface area contributed by atoms with Gasteiger partial charge in [0.15, 0.2) is 0 Å². The first-order valence-corrected chi connectivity index (χ1v) is 5.96. The van der Waals surface area contributed by atoms with Crippen molar-refractivity contribution in [2.75, 3.05) is 13.2 Å². The second-order valence-corrected chi connectivity index (χ2v) is 4.52. The topological polar surface area (TPSA) is 58.6 Å². The Morgan fingerprint density at radius 1 is 1.56 bits per heavy atom. The average Bonchev–Trinajstić information content (AvgIpc) is 2.61. The number of rotatable bonds is 6. The molecule has 0 amide bonds. The van der Waals surface area contributed by atoms with Gasteiger partial charge in [-0.2, -0.15) is 13.2 Å². The van der Waals surface area contributed by atoms with Gasteiger partial charge in [0.25, 0.3) is 0 Å². The molecule has 1 fully saturated rings. The molecule has 1 saturated carbocycles. The molecule has 0 radical (unpaired) electrons. The van der Waals surface area contributed by atoms with Gasteiger partial charge in [-0.15, -0.1) is 0 Å². The van der Waals surface area contributed by atoms with E-state index in [2.05, 4.69) is 5.32 Å². The minimum atomic E-state index is -4.23. The molecule has 18 heavy (non-hydrogen) atoms. The number of hydrogen-bond acceptors (Lipinski definition) is 3. The third kappa shape index (κ3) is 4.13. The number of aliphatic carboxylic acids is 1. The van der Waals surface area contributed by atoms with Gasteiger partial charge in [0.1, 0.15) is 5.54 Å². The molecule has 1 aliphatic carbocycles. The van der Waals surface area contributed by atoms with Gasteiger partial charge in [0.05, 0.1) is 19.1 Å². The Hall–Kier alpha value is -0.820. The van der Waals surface area contributed by atoms with Crippen LogP contribution in [0.15, 0.2) is 0 Å². The fourth-order valence-corrected chi connectivity index (χ4v) is 2.25. The van der Waals surface area contributed by atoms with Crippen LogP contribution in [0.3, 0.4) is 0 Å². The third-order valence-electron chi connectivity index (χ3n) is 3.13. The Balaban J connectivity index is 2.42. The molecule has 2 atom stereocenters. The van der Waals surface area contributed by atoms with Crippen LogP contribution in [0.4, 0.5) is 13.2 Å². The van der Waals surface area contributed by atoms with E-state index in [1.807, 2.05) is 0 Å². The fraction of sp³-hybridized carbons (Fsp3) is 0.909. The molecule has 0 heterocycles. The van der Waals surface area contributed by atoms with E-state index >= 15 is 0 Å². The van der Waals surface area contributed by atoms with Crippen LogP contribution in [0.5, 0.6) is 0 Å². The molecule has 2 unspecified atom stereocenters. The molecular formula is C11H18F3NO3. The van der Waals surface area contributed by atoms with Crippen LogP contribution >= 0.6 is 0 Å². The number of ether oxygens (including phenoxy) is 1. The van der Waals surface area contributed by atoms with E-state index in [9.17, 15) is 18.0 Å². The maximum atomic E-state index is 11.9. The summed E-state index contributed by atoms with van der Waals surface area (Å²) in [4.78, 5) is 11.2. The molecule has 2 N–H and O–H groups in total. The van der Waals surface area contributed by atoms with Crippen LogP contribution in [-0.2, 0) is 9.53 Å². The molecule has 1 aliphatic rings. The quantitative estimate of drug-likeness (QED) is 0.773. The van der Waals surface area contributed by atoms with E-state index in [4.69, 9.17) is 9.84 Å². The van der Waals surface area contributed by atoms with Crippen molar-refractivity contribution in [3.05, 3.63) is 0 Å². The van der Waals surface area contributed by atoms with Gasteiger partial charge in [-0.1, -0.05) is 6.92 Å². The Morgan fingerprint density at radius 3 is 2.72 bits per heavy atom. The third-order valence-corrected chi connectivity index (χ3v) is 3.13. The highest BCUT2D eigenvalue weighted by atomic mass is 19.4. The maximum Gasteiger partial charge on any atom is 0.391 e. The lowest BCUT2D eigenvalue weighted by molar-refractivity contribution is -0.151. The smallest absolute Gasteiger partial charge is 0.391 e. The monoisotopic (exact) mass is 269 g/mol. The lowest BCUT2D eigenvalue weighted by atomic mass is 9.98. The van der Waals surface area contributed by atoms with Crippen molar-refractivity contribution >= 4 is 5.97 Å². The fourth-order valence-electron chi connectivity index (χ4n) is 2.25. The van der Waals surface area contributed by atoms with Crippen LogP contribution < -0.4 is 5.32 Å². The van der Waals surface area contributed by atoms with E-state index in [0.29, 0.717) is 19.4 Å². The van der Waals surface area contributed by atoms with Crippen LogP contribution in [-0.4, -0.2) is 42.0 Å². The Bertz CT molecular complexity index is 296. The summed E-state index contributed by atoms with van der Waals surface area (Å²) in [6, 6.07) is 0. The second kappa shape index (κ2) is 5.88. The van der Waals surface area contributed by atoms with Crippen LogP contribution in [0.2, 0.25) is 0 Å². The summed E-state index contributed by atoms with van der Waals surface area (Å²) in [7, 11) is 0. The molecule has 0 aromatic carbocycles. The first-order valence-electron chi connectivity index (χ1n) is 5.96. The molecule has 1 rings (SSSR count). The standard InChI is InChI=1S/C11H18F3NO3/c1-2-15-10(9(16)17)4-3-8(7-10)18-6-5-11(12,13)14/h8,15H,2-7H2,1H3,(H,16,17). The highest BCUT2D eigenvalue weighted by Gasteiger charge is 2.45. The second-order valence-electron chi connectivity index (χ2n) is 4.52. The van der Waals surface area contributed by atoms with Crippen molar-refractivity contribution in [3.8, 4) is 0 Å². The van der Waals surface area contributed by atoms with E-state index in [0.717, 1.165) is 0 Å². The zero-order valence-corrected chi connectivity index (χ0v) is 10.2. The molecule has 0 spiro atoms. The summed E-state index contributed by atoms with van der Waals surface area (Å²) in [5, 5.41) is 12.1. The van der Waals surface area contributed by atoms with Gasteiger partial charge < -0.3 is 15.2 Å². The molecule has 106 valence electrons. The molecule has 7 heteroatoms. The summed E-state index contributed by atoms with van der Waals surface area (Å²) < 4.78 is 40.9. The van der Waals surface area contributed by atoms with Gasteiger partial charge in [0, 0.05) is 6.42 Å². The minimum Gasteiger partial charge on any atom is -0.480 e. The Kier molecular flexibility index (Phi) is 4.98. The minimum absolute atomic E-state index is 0.216. The Morgan fingerprint density at radius 2 is 2.22 bits per heavy atom. The summed E-state index contributed by atoms with van der Waals surface area (Å²) in [6.45, 7) is 1.89. The largest absolute Gasteiger partial charge is 0.480 e. The average molecular weight is 269 g/mol. The number of nitrogens with one attached hydrogen (secondary N) is 1. The lowest BCUT2D eigenvalue weighted by Gasteiger charge is -2.25. The van der Waals surface area contributed by atoms with Gasteiger partial charge in [-0.25, -0.2) is 0 Å². The van der Waals surface area contributed by atoms with Gasteiger partial charge in [0.2, 0.25) is 0 Å². The van der Waals surface area contributed by atoms with Gasteiger partial charge in [-0.3, -0.25) is 4.79 Å². The molecule has 0 aromatic heterocycles. The molecular weight excluding hydrogens is 251 g/mol. The van der Waals surface area contributed by atoms with Crippen molar-refractivity contribution < 1.29 is 27.8 Å². The lowest BCUT2D eigenvalue weighted by Crippen LogP contribution is -2.50. The highest BCUT2D eigenvalue weighted by Crippen LogP contribution is 2.32. The number of likely N-dealkylation sites (N-methyl/N-ethyl adjacent to an activating group) is 1. The maximum absolute atomic E-state index is 11.9. The zero-order valence-electron chi connectivity index (χ0n) is 10.2. The summed E-state index contributed by atoms with van der Waals surface area (Å²) in [6.07, 6.45) is -4.57. The van der Waals surface area contributed by atoms with E-state index in [1.165, 1.54) is 0 Å². The predicted octanol–water partition coefficient (Wildman–Crippen LogP) is 1.94. The van der Waals surface area contributed by atoms with Crippen molar-refractivity contribution in [2.24, 2.45) is 0 Å². The molecule has 0 aromatic rings. The van der Waals surface area contributed by atoms with Gasteiger partial charge in [-0.05, 0) is 19.4 Å². The van der Waals surface area contributed by atoms with E-state index in [-0.39, 0.29) is 6.42 Å². The predicted molar refractivity (Wildman–Crippen MR) is 58.3 cm³/mol.